The monoisotopic (exact) mass is 154 g/mol. The Labute approximate surface area is 62.0 Å². The molecule has 1 rings (SSSR count). The number of rotatable bonds is 2. The highest BCUT2D eigenvalue weighted by molar-refractivity contribution is 5.86. The zero-order valence-corrected chi connectivity index (χ0v) is 5.79. The van der Waals surface area contributed by atoms with Gasteiger partial charge >= 0.3 is 0 Å². The summed E-state index contributed by atoms with van der Waals surface area (Å²) >= 11 is 0. The standard InChI is InChI=1S/C5H6N4O2/c1-3(11)6-5-7-4(2-10)8-9-5/h2H,1H3,(H2,6,7,8,9,11). The lowest BCUT2D eigenvalue weighted by Crippen LogP contribution is -2.07. The number of carbonyl (C=O) groups is 2. The molecule has 0 aromatic carbocycles. The number of aldehydes is 1. The Balaban J connectivity index is 2.72. The molecule has 1 aromatic heterocycles. The van der Waals surface area contributed by atoms with Crippen LogP contribution in [0.25, 0.3) is 0 Å². The molecule has 0 fully saturated rings. The minimum absolute atomic E-state index is 0.0220. The lowest BCUT2D eigenvalue weighted by molar-refractivity contribution is -0.114. The van der Waals surface area contributed by atoms with Crippen LogP contribution < -0.4 is 5.32 Å². The van der Waals surface area contributed by atoms with Gasteiger partial charge in [-0.2, -0.15) is 4.98 Å². The van der Waals surface area contributed by atoms with Crippen LogP contribution in [0.15, 0.2) is 0 Å². The van der Waals surface area contributed by atoms with Gasteiger partial charge in [0, 0.05) is 6.92 Å². The van der Waals surface area contributed by atoms with Gasteiger partial charge in [0.1, 0.15) is 0 Å². The van der Waals surface area contributed by atoms with Crippen molar-refractivity contribution in [2.75, 3.05) is 5.32 Å². The minimum Gasteiger partial charge on any atom is -0.295 e. The van der Waals surface area contributed by atoms with Crippen molar-refractivity contribution in [1.29, 1.82) is 0 Å². The molecule has 11 heavy (non-hydrogen) atoms. The highest BCUT2D eigenvalue weighted by Crippen LogP contribution is 1.94. The summed E-state index contributed by atoms with van der Waals surface area (Å²) in [6.45, 7) is 1.34. The fourth-order valence-corrected chi connectivity index (χ4v) is 0.550. The Kier molecular flexibility index (Phi) is 1.95. The Morgan fingerprint density at radius 2 is 2.45 bits per heavy atom. The number of nitrogens with one attached hydrogen (secondary N) is 2. The molecular weight excluding hydrogens is 148 g/mol. The van der Waals surface area contributed by atoms with E-state index in [-0.39, 0.29) is 17.7 Å². The van der Waals surface area contributed by atoms with Crippen molar-refractivity contribution in [1.82, 2.24) is 15.2 Å². The predicted molar refractivity (Wildman–Crippen MR) is 36.1 cm³/mol. The third-order valence-electron chi connectivity index (χ3n) is 0.903. The molecule has 0 spiro atoms. The third kappa shape index (κ3) is 1.85. The zero-order valence-electron chi connectivity index (χ0n) is 5.79. The van der Waals surface area contributed by atoms with E-state index in [1.807, 2.05) is 0 Å². The number of aromatic amines is 1. The summed E-state index contributed by atoms with van der Waals surface area (Å²) in [7, 11) is 0. The van der Waals surface area contributed by atoms with Gasteiger partial charge in [0.05, 0.1) is 0 Å². The number of hydrogen-bond acceptors (Lipinski definition) is 4. The van der Waals surface area contributed by atoms with Crippen molar-refractivity contribution in [3.63, 3.8) is 0 Å². The molecule has 0 atom stereocenters. The van der Waals surface area contributed by atoms with Crippen LogP contribution in [0.5, 0.6) is 0 Å². The molecule has 1 aromatic rings. The zero-order chi connectivity index (χ0) is 8.27. The molecule has 2 N–H and O–H groups in total. The molecule has 0 aliphatic heterocycles. The van der Waals surface area contributed by atoms with Gasteiger partial charge in [-0.25, -0.2) is 5.10 Å². The molecule has 0 unspecified atom stereocenters. The van der Waals surface area contributed by atoms with Gasteiger partial charge in [-0.15, -0.1) is 5.10 Å². The van der Waals surface area contributed by atoms with E-state index in [1.165, 1.54) is 6.92 Å². The summed E-state index contributed by atoms with van der Waals surface area (Å²) in [6, 6.07) is 0. The molecular formula is C5H6N4O2. The highest BCUT2D eigenvalue weighted by atomic mass is 16.1. The van der Waals surface area contributed by atoms with Gasteiger partial charge in [0.2, 0.25) is 17.7 Å². The van der Waals surface area contributed by atoms with Crippen molar-refractivity contribution in [3.05, 3.63) is 5.82 Å². The molecule has 1 amide bonds. The van der Waals surface area contributed by atoms with Crippen molar-refractivity contribution in [3.8, 4) is 0 Å². The lowest BCUT2D eigenvalue weighted by atomic mass is 10.7. The fraction of sp³-hybridized carbons (Fsp3) is 0.200. The second kappa shape index (κ2) is 2.91. The smallest absolute Gasteiger partial charge is 0.225 e. The largest absolute Gasteiger partial charge is 0.295 e. The number of aromatic nitrogens is 3. The number of nitrogens with zero attached hydrogens (tertiary/aromatic N) is 2. The van der Waals surface area contributed by atoms with Crippen molar-refractivity contribution in [2.24, 2.45) is 0 Å². The second-order valence-electron chi connectivity index (χ2n) is 1.84. The molecule has 0 saturated heterocycles. The van der Waals surface area contributed by atoms with E-state index in [1.54, 1.807) is 0 Å². The van der Waals surface area contributed by atoms with Gasteiger partial charge in [0.25, 0.3) is 0 Å². The van der Waals surface area contributed by atoms with Gasteiger partial charge in [0.15, 0.2) is 6.29 Å². The first-order chi connectivity index (χ1) is 5.22. The van der Waals surface area contributed by atoms with E-state index < -0.39 is 0 Å². The van der Waals surface area contributed by atoms with Crippen LogP contribution in [0.2, 0.25) is 0 Å². The average Bonchev–Trinajstić information content (AvgIpc) is 2.34. The summed E-state index contributed by atoms with van der Waals surface area (Å²) in [5.74, 6) is -0.0630. The SMILES string of the molecule is CC(=O)Nc1nc(C=O)n[nH]1. The Bertz CT molecular complexity index is 280. The van der Waals surface area contributed by atoms with Crippen molar-refractivity contribution < 1.29 is 9.59 Å². The maximum atomic E-state index is 10.4. The molecule has 58 valence electrons. The Morgan fingerprint density at radius 3 is 2.91 bits per heavy atom. The first-order valence-electron chi connectivity index (χ1n) is 2.87. The molecule has 0 saturated carbocycles. The quantitative estimate of drug-likeness (QED) is 0.566. The number of hydrogen-bond donors (Lipinski definition) is 2. The maximum Gasteiger partial charge on any atom is 0.225 e. The Morgan fingerprint density at radius 1 is 1.73 bits per heavy atom. The van der Waals surface area contributed by atoms with Gasteiger partial charge in [-0.3, -0.25) is 14.9 Å². The predicted octanol–water partition coefficient (Wildman–Crippen LogP) is -0.424. The number of anilines is 1. The summed E-state index contributed by atoms with van der Waals surface area (Å²) in [5.41, 5.74) is 0. The number of H-pyrrole nitrogens is 1. The van der Waals surface area contributed by atoms with Crippen molar-refractivity contribution in [2.45, 2.75) is 6.92 Å². The van der Waals surface area contributed by atoms with Gasteiger partial charge < -0.3 is 0 Å². The van der Waals surface area contributed by atoms with Crippen LogP contribution in [0, 0.1) is 0 Å². The fourth-order valence-electron chi connectivity index (χ4n) is 0.550. The van der Waals surface area contributed by atoms with Crippen LogP contribution in [0.4, 0.5) is 5.95 Å². The maximum absolute atomic E-state index is 10.4. The van der Waals surface area contributed by atoms with Crippen LogP contribution in [0.1, 0.15) is 17.5 Å². The average molecular weight is 154 g/mol. The summed E-state index contributed by atoms with van der Waals surface area (Å²) in [6.07, 6.45) is 0.488. The summed E-state index contributed by atoms with van der Waals surface area (Å²) < 4.78 is 0. The first-order valence-corrected chi connectivity index (χ1v) is 2.87. The topological polar surface area (TPSA) is 87.7 Å². The van der Waals surface area contributed by atoms with E-state index in [0.717, 1.165) is 0 Å². The van der Waals surface area contributed by atoms with Crippen molar-refractivity contribution >= 4 is 18.1 Å². The summed E-state index contributed by atoms with van der Waals surface area (Å²) in [4.78, 5) is 24.1. The number of carbonyl (C=O) groups excluding carboxylic acids is 2. The highest BCUT2D eigenvalue weighted by Gasteiger charge is 2.01. The molecule has 6 heteroatoms. The van der Waals surface area contributed by atoms with E-state index in [0.29, 0.717) is 6.29 Å². The van der Waals surface area contributed by atoms with E-state index >= 15 is 0 Å². The second-order valence-corrected chi connectivity index (χ2v) is 1.84. The summed E-state index contributed by atoms with van der Waals surface area (Å²) in [5, 5.41) is 8.17. The van der Waals surface area contributed by atoms with Crippen LogP contribution in [0.3, 0.4) is 0 Å². The Hall–Kier alpha value is -1.72. The molecule has 6 nitrogen and oxygen atoms in total. The van der Waals surface area contributed by atoms with Crippen LogP contribution in [-0.2, 0) is 4.79 Å². The number of amides is 1. The normalized spacial score (nSPS) is 9.18. The van der Waals surface area contributed by atoms with Gasteiger partial charge in [-0.05, 0) is 0 Å². The first kappa shape index (κ1) is 7.39. The van der Waals surface area contributed by atoms with E-state index in [9.17, 15) is 9.59 Å². The molecule has 1 heterocycles. The van der Waals surface area contributed by atoms with E-state index in [4.69, 9.17) is 0 Å². The lowest BCUT2D eigenvalue weighted by Gasteiger charge is -1.90. The van der Waals surface area contributed by atoms with Gasteiger partial charge in [-0.1, -0.05) is 0 Å². The molecule has 0 aliphatic carbocycles. The molecule has 0 radical (unpaired) electrons. The third-order valence-corrected chi connectivity index (χ3v) is 0.903. The van der Waals surface area contributed by atoms with E-state index in [2.05, 4.69) is 20.5 Å². The van der Waals surface area contributed by atoms with Crippen LogP contribution in [-0.4, -0.2) is 27.4 Å². The van der Waals surface area contributed by atoms with Crippen LogP contribution >= 0.6 is 0 Å². The molecule has 0 bridgehead atoms. The minimum atomic E-state index is -0.265. The molecule has 0 aliphatic rings.